The number of ether oxygens (including phenoxy) is 2. The molecule has 2 aromatic heterocycles. The molecule has 23 heavy (non-hydrogen) atoms. The summed E-state index contributed by atoms with van der Waals surface area (Å²) < 4.78 is 12.2. The van der Waals surface area contributed by atoms with E-state index in [2.05, 4.69) is 10.4 Å². The second-order valence-electron chi connectivity index (χ2n) is 5.09. The zero-order valence-electron chi connectivity index (χ0n) is 13.3. The Morgan fingerprint density at radius 1 is 1.17 bits per heavy atom. The van der Waals surface area contributed by atoms with Crippen molar-refractivity contribution in [3.63, 3.8) is 0 Å². The highest BCUT2D eigenvalue weighted by molar-refractivity contribution is 7.20. The second kappa shape index (κ2) is 5.92. The summed E-state index contributed by atoms with van der Waals surface area (Å²) >= 11 is 1.42. The number of methoxy groups -OCH3 is 2. The first-order chi connectivity index (χ1) is 11.0. The number of hydrogen-bond donors (Lipinski definition) is 1. The zero-order valence-corrected chi connectivity index (χ0v) is 14.2. The fourth-order valence-corrected chi connectivity index (χ4v) is 3.41. The van der Waals surface area contributed by atoms with E-state index in [-0.39, 0.29) is 5.91 Å². The molecule has 1 aromatic carbocycles. The van der Waals surface area contributed by atoms with Crippen LogP contribution in [-0.2, 0) is 7.05 Å². The fraction of sp³-hybridized carbons (Fsp3) is 0.250. The van der Waals surface area contributed by atoms with Gasteiger partial charge in [-0.05, 0) is 13.0 Å². The fourth-order valence-electron chi connectivity index (χ4n) is 2.39. The van der Waals surface area contributed by atoms with Gasteiger partial charge < -0.3 is 14.8 Å². The van der Waals surface area contributed by atoms with Crippen molar-refractivity contribution in [1.82, 2.24) is 9.78 Å². The molecule has 0 saturated heterocycles. The van der Waals surface area contributed by atoms with Gasteiger partial charge in [-0.1, -0.05) is 0 Å². The topological polar surface area (TPSA) is 65.4 Å². The average molecular weight is 331 g/mol. The van der Waals surface area contributed by atoms with E-state index in [4.69, 9.17) is 9.47 Å². The Morgan fingerprint density at radius 2 is 1.83 bits per heavy atom. The molecule has 0 saturated carbocycles. The molecule has 2 heterocycles. The van der Waals surface area contributed by atoms with Gasteiger partial charge in [0.15, 0.2) is 0 Å². The minimum atomic E-state index is -0.166. The minimum Gasteiger partial charge on any atom is -0.497 e. The molecular weight excluding hydrogens is 314 g/mol. The van der Waals surface area contributed by atoms with Crippen LogP contribution in [0.4, 0.5) is 5.69 Å². The first kappa shape index (κ1) is 15.4. The molecule has 0 fully saturated rings. The third kappa shape index (κ3) is 2.87. The monoisotopic (exact) mass is 331 g/mol. The Bertz CT molecular complexity index is 825. The van der Waals surface area contributed by atoms with Gasteiger partial charge in [-0.15, -0.1) is 11.3 Å². The van der Waals surface area contributed by atoms with Gasteiger partial charge in [0.25, 0.3) is 5.91 Å². The van der Waals surface area contributed by atoms with Crippen molar-refractivity contribution < 1.29 is 14.3 Å². The summed E-state index contributed by atoms with van der Waals surface area (Å²) in [7, 11) is 5.02. The molecule has 0 radical (unpaired) electrons. The quantitative estimate of drug-likeness (QED) is 0.797. The molecule has 0 aliphatic carbocycles. The van der Waals surface area contributed by atoms with Crippen molar-refractivity contribution >= 4 is 33.1 Å². The summed E-state index contributed by atoms with van der Waals surface area (Å²) in [6, 6.07) is 7.13. The Kier molecular flexibility index (Phi) is 3.96. The van der Waals surface area contributed by atoms with Crippen LogP contribution in [0.2, 0.25) is 0 Å². The Balaban J connectivity index is 1.89. The number of carbonyl (C=O) groups excluding carboxylic acids is 1. The SMILES string of the molecule is COc1cc(NC(=O)c2cc3c(C)nn(C)c3s2)cc(OC)c1. The molecule has 6 nitrogen and oxygen atoms in total. The second-order valence-corrected chi connectivity index (χ2v) is 6.12. The van der Waals surface area contributed by atoms with Gasteiger partial charge in [-0.25, -0.2) is 0 Å². The molecule has 1 amide bonds. The summed E-state index contributed by atoms with van der Waals surface area (Å²) in [5, 5.41) is 8.23. The van der Waals surface area contributed by atoms with Crippen molar-refractivity contribution in [2.45, 2.75) is 6.92 Å². The molecular formula is C16H17N3O3S. The molecule has 0 aliphatic heterocycles. The third-order valence-corrected chi connectivity index (χ3v) is 4.73. The highest BCUT2D eigenvalue weighted by Crippen LogP contribution is 2.30. The molecule has 0 unspecified atom stereocenters. The van der Waals surface area contributed by atoms with E-state index in [0.29, 0.717) is 22.1 Å². The molecule has 7 heteroatoms. The molecule has 120 valence electrons. The number of carbonyl (C=O) groups is 1. The van der Waals surface area contributed by atoms with Gasteiger partial charge in [0, 0.05) is 36.3 Å². The van der Waals surface area contributed by atoms with Crippen LogP contribution in [0.3, 0.4) is 0 Å². The van der Waals surface area contributed by atoms with Gasteiger partial charge in [-0.3, -0.25) is 9.48 Å². The lowest BCUT2D eigenvalue weighted by atomic mass is 10.2. The standard InChI is InChI=1S/C16H17N3O3S/c1-9-13-8-14(23-16(13)19(2)18-9)15(20)17-10-5-11(21-3)7-12(6-10)22-4/h5-8H,1-4H3,(H,17,20). The highest BCUT2D eigenvalue weighted by atomic mass is 32.1. The lowest BCUT2D eigenvalue weighted by Gasteiger charge is -2.09. The highest BCUT2D eigenvalue weighted by Gasteiger charge is 2.15. The van der Waals surface area contributed by atoms with Crippen molar-refractivity contribution in [2.24, 2.45) is 7.05 Å². The summed E-state index contributed by atoms with van der Waals surface area (Å²) in [6.45, 7) is 1.93. The third-order valence-electron chi connectivity index (χ3n) is 3.53. The first-order valence-corrected chi connectivity index (χ1v) is 7.81. The van der Waals surface area contributed by atoms with Gasteiger partial charge >= 0.3 is 0 Å². The van der Waals surface area contributed by atoms with E-state index in [9.17, 15) is 4.79 Å². The Labute approximate surface area is 137 Å². The molecule has 1 N–H and O–H groups in total. The van der Waals surface area contributed by atoms with Crippen LogP contribution in [0.25, 0.3) is 10.2 Å². The molecule has 0 aliphatic rings. The molecule has 3 aromatic rings. The number of amides is 1. The van der Waals surface area contributed by atoms with Crippen LogP contribution in [0.15, 0.2) is 24.3 Å². The van der Waals surface area contributed by atoms with E-state index in [1.54, 1.807) is 37.1 Å². The maximum absolute atomic E-state index is 12.5. The summed E-state index contributed by atoms with van der Waals surface area (Å²) in [6.07, 6.45) is 0. The Hall–Kier alpha value is -2.54. The summed E-state index contributed by atoms with van der Waals surface area (Å²) in [5.74, 6) is 1.08. The van der Waals surface area contributed by atoms with Gasteiger partial charge in [0.1, 0.15) is 16.3 Å². The normalized spacial score (nSPS) is 10.8. The van der Waals surface area contributed by atoms with Gasteiger partial charge in [0.2, 0.25) is 0 Å². The predicted octanol–water partition coefficient (Wildman–Crippen LogP) is 3.21. The molecule has 0 spiro atoms. The van der Waals surface area contributed by atoms with Crippen molar-refractivity contribution in [2.75, 3.05) is 19.5 Å². The van der Waals surface area contributed by atoms with Crippen LogP contribution in [0.1, 0.15) is 15.4 Å². The van der Waals surface area contributed by atoms with Crippen LogP contribution >= 0.6 is 11.3 Å². The van der Waals surface area contributed by atoms with Gasteiger partial charge in [-0.2, -0.15) is 5.10 Å². The number of hydrogen-bond acceptors (Lipinski definition) is 5. The number of thiophene rings is 1. The lowest BCUT2D eigenvalue weighted by Crippen LogP contribution is -2.10. The number of benzene rings is 1. The van der Waals surface area contributed by atoms with Crippen molar-refractivity contribution in [3.8, 4) is 11.5 Å². The van der Waals surface area contributed by atoms with Crippen molar-refractivity contribution in [1.29, 1.82) is 0 Å². The average Bonchev–Trinajstić information content (AvgIpc) is 3.09. The smallest absolute Gasteiger partial charge is 0.265 e. The van der Waals surface area contributed by atoms with Crippen LogP contribution in [0.5, 0.6) is 11.5 Å². The van der Waals surface area contributed by atoms with E-state index in [0.717, 1.165) is 15.9 Å². The molecule has 3 rings (SSSR count). The first-order valence-electron chi connectivity index (χ1n) is 6.99. The Morgan fingerprint density at radius 3 is 2.39 bits per heavy atom. The maximum atomic E-state index is 12.5. The van der Waals surface area contributed by atoms with Crippen LogP contribution in [0, 0.1) is 6.92 Å². The zero-order chi connectivity index (χ0) is 16.6. The number of nitrogens with zero attached hydrogens (tertiary/aromatic N) is 2. The predicted molar refractivity (Wildman–Crippen MR) is 90.8 cm³/mol. The molecule has 0 bridgehead atoms. The lowest BCUT2D eigenvalue weighted by molar-refractivity contribution is 0.103. The van der Waals surface area contributed by atoms with E-state index < -0.39 is 0 Å². The van der Waals surface area contributed by atoms with E-state index >= 15 is 0 Å². The number of anilines is 1. The number of nitrogens with one attached hydrogen (secondary N) is 1. The number of aryl methyl sites for hydroxylation is 2. The van der Waals surface area contributed by atoms with Crippen LogP contribution < -0.4 is 14.8 Å². The van der Waals surface area contributed by atoms with Crippen LogP contribution in [-0.4, -0.2) is 29.9 Å². The maximum Gasteiger partial charge on any atom is 0.265 e. The summed E-state index contributed by atoms with van der Waals surface area (Å²) in [5.41, 5.74) is 1.54. The number of aromatic nitrogens is 2. The van der Waals surface area contributed by atoms with E-state index in [1.807, 2.05) is 20.0 Å². The van der Waals surface area contributed by atoms with E-state index in [1.165, 1.54) is 11.3 Å². The van der Waals surface area contributed by atoms with Crippen molar-refractivity contribution in [3.05, 3.63) is 34.8 Å². The summed E-state index contributed by atoms with van der Waals surface area (Å²) in [4.78, 5) is 14.1. The number of fused-ring (bicyclic) bond motifs is 1. The van der Waals surface area contributed by atoms with Gasteiger partial charge in [0.05, 0.1) is 24.8 Å². The largest absolute Gasteiger partial charge is 0.497 e. The molecule has 0 atom stereocenters. The number of rotatable bonds is 4. The minimum absolute atomic E-state index is 0.166.